The Morgan fingerprint density at radius 1 is 1.06 bits per heavy atom. The van der Waals surface area contributed by atoms with Crippen LogP contribution in [-0.2, 0) is 11.2 Å². The molecule has 0 spiro atoms. The number of rotatable bonds is 8. The number of benzene rings is 1. The Hall–Kier alpha value is -1.96. The molecule has 5 aliphatic rings. The smallest absolute Gasteiger partial charge is 0.266 e. The van der Waals surface area contributed by atoms with Crippen LogP contribution in [0.3, 0.4) is 0 Å². The van der Waals surface area contributed by atoms with E-state index in [-0.39, 0.29) is 24.4 Å². The molecule has 4 bridgehead atoms. The molecular weight excluding hydrogens is 493 g/mol. The summed E-state index contributed by atoms with van der Waals surface area (Å²) >= 11 is 7.17. The van der Waals surface area contributed by atoms with Crippen molar-refractivity contribution < 1.29 is 18.7 Å². The van der Waals surface area contributed by atoms with Crippen molar-refractivity contribution in [3.8, 4) is 11.3 Å². The summed E-state index contributed by atoms with van der Waals surface area (Å²) in [7, 11) is 0. The second kappa shape index (κ2) is 10.1. The van der Waals surface area contributed by atoms with Gasteiger partial charge in [-0.25, -0.2) is 4.39 Å². The Balaban J connectivity index is 1.27. The fourth-order valence-electron chi connectivity index (χ4n) is 7.29. The maximum atomic E-state index is 13.7. The highest BCUT2D eigenvalue weighted by Gasteiger charge is 2.53. The lowest BCUT2D eigenvalue weighted by Crippen LogP contribution is -2.57. The average molecular weight is 526 g/mol. The van der Waals surface area contributed by atoms with Gasteiger partial charge in [-0.05, 0) is 111 Å². The molecule has 0 atom stereocenters. The summed E-state index contributed by atoms with van der Waals surface area (Å²) in [6, 6.07) is 8.51. The zero-order valence-electron chi connectivity index (χ0n) is 20.3. The van der Waals surface area contributed by atoms with Crippen LogP contribution in [0.1, 0.15) is 62.7 Å². The predicted molar refractivity (Wildman–Crippen MR) is 145 cm³/mol. The Labute approximate surface area is 221 Å². The van der Waals surface area contributed by atoms with Gasteiger partial charge >= 0.3 is 0 Å². The molecule has 5 fully saturated rings. The molecule has 1 aromatic heterocycles. The Morgan fingerprint density at radius 3 is 2.42 bits per heavy atom. The van der Waals surface area contributed by atoms with Gasteiger partial charge in [-0.1, -0.05) is 30.4 Å². The number of amides is 1. The molecule has 2 heterocycles. The number of halogens is 1. The van der Waals surface area contributed by atoms with Gasteiger partial charge in [0.25, 0.3) is 5.91 Å². The summed E-state index contributed by atoms with van der Waals surface area (Å²) in [5.41, 5.74) is 1.82. The quantitative estimate of drug-likeness (QED) is 0.233. The van der Waals surface area contributed by atoms with Gasteiger partial charge < -0.3 is 9.52 Å². The van der Waals surface area contributed by atoms with E-state index in [1.807, 2.05) is 17.0 Å². The number of carbonyl (C=O) groups excluding carboxylic acids is 1. The van der Waals surface area contributed by atoms with Crippen molar-refractivity contribution in [2.45, 2.75) is 63.8 Å². The van der Waals surface area contributed by atoms with E-state index in [0.29, 0.717) is 32.6 Å². The molecule has 1 aromatic carbocycles. The number of carbonyl (C=O) groups is 1. The van der Waals surface area contributed by atoms with E-state index in [0.717, 1.165) is 48.6 Å². The molecule has 190 valence electrons. The van der Waals surface area contributed by atoms with Gasteiger partial charge in [0, 0.05) is 24.3 Å². The molecule has 7 heteroatoms. The SMILES string of the molecule is O=C1/C(=C/c2oc(-c3ccc(F)cc3)cc2CCCCCO)SC(=S)N1C1C2CC3CC(C2)CC1C3. The van der Waals surface area contributed by atoms with Crippen molar-refractivity contribution >= 4 is 40.3 Å². The van der Waals surface area contributed by atoms with Crippen LogP contribution < -0.4 is 0 Å². The normalized spacial score (nSPS) is 30.2. The van der Waals surface area contributed by atoms with E-state index in [1.165, 1.54) is 56.0 Å². The predicted octanol–water partition coefficient (Wildman–Crippen LogP) is 6.82. The molecule has 4 aliphatic carbocycles. The molecule has 7 rings (SSSR count). The van der Waals surface area contributed by atoms with Crippen molar-refractivity contribution in [1.29, 1.82) is 0 Å². The summed E-state index contributed by atoms with van der Waals surface area (Å²) in [6.07, 6.45) is 11.6. The topological polar surface area (TPSA) is 53.7 Å². The van der Waals surface area contributed by atoms with E-state index in [2.05, 4.69) is 0 Å². The van der Waals surface area contributed by atoms with Gasteiger partial charge in [0.2, 0.25) is 0 Å². The molecule has 36 heavy (non-hydrogen) atoms. The van der Waals surface area contributed by atoms with E-state index < -0.39 is 0 Å². The summed E-state index contributed by atoms with van der Waals surface area (Å²) < 4.78 is 20.4. The second-order valence-electron chi connectivity index (χ2n) is 11.0. The van der Waals surface area contributed by atoms with Gasteiger partial charge in [0.1, 0.15) is 21.7 Å². The van der Waals surface area contributed by atoms with Gasteiger partial charge in [0.05, 0.1) is 4.91 Å². The number of thioether (sulfide) groups is 1. The fourth-order valence-corrected chi connectivity index (χ4v) is 8.61. The van der Waals surface area contributed by atoms with E-state index in [1.54, 1.807) is 12.1 Å². The Morgan fingerprint density at radius 2 is 1.75 bits per heavy atom. The lowest BCUT2D eigenvalue weighted by atomic mass is 9.54. The first-order valence-corrected chi connectivity index (χ1v) is 14.5. The molecule has 1 N–H and O–H groups in total. The molecule has 0 unspecified atom stereocenters. The maximum Gasteiger partial charge on any atom is 0.266 e. The lowest BCUT2D eigenvalue weighted by Gasteiger charge is -2.56. The molecule has 4 nitrogen and oxygen atoms in total. The minimum Gasteiger partial charge on any atom is -0.456 e. The van der Waals surface area contributed by atoms with Gasteiger partial charge in [0.15, 0.2) is 0 Å². The lowest BCUT2D eigenvalue weighted by molar-refractivity contribution is -0.130. The van der Waals surface area contributed by atoms with Crippen molar-refractivity contribution in [2.24, 2.45) is 23.7 Å². The monoisotopic (exact) mass is 525 g/mol. The zero-order chi connectivity index (χ0) is 24.8. The molecule has 1 aliphatic heterocycles. The number of unbranched alkanes of at least 4 members (excludes halogenated alkanes) is 2. The minimum absolute atomic E-state index is 0.0217. The summed E-state index contributed by atoms with van der Waals surface area (Å²) in [4.78, 5) is 16.3. The van der Waals surface area contributed by atoms with Gasteiger partial charge in [-0.2, -0.15) is 0 Å². The first-order chi connectivity index (χ1) is 17.5. The molecular formula is C29H32FNO3S2. The van der Waals surface area contributed by atoms with E-state index >= 15 is 0 Å². The average Bonchev–Trinajstić information content (AvgIpc) is 3.37. The molecule has 1 saturated heterocycles. The Bertz CT molecular complexity index is 1160. The van der Waals surface area contributed by atoms with Crippen molar-refractivity contribution in [3.05, 3.63) is 52.4 Å². The number of furan rings is 1. The largest absolute Gasteiger partial charge is 0.456 e. The maximum absolute atomic E-state index is 13.7. The van der Waals surface area contributed by atoms with Crippen LogP contribution in [0.5, 0.6) is 0 Å². The van der Waals surface area contributed by atoms with Crippen LogP contribution in [0.4, 0.5) is 4.39 Å². The molecule has 1 amide bonds. The minimum atomic E-state index is -0.289. The van der Waals surface area contributed by atoms with E-state index in [9.17, 15) is 9.18 Å². The number of hydrogen-bond acceptors (Lipinski definition) is 5. The third-order valence-electron chi connectivity index (χ3n) is 8.64. The van der Waals surface area contributed by atoms with Gasteiger partial charge in [-0.15, -0.1) is 0 Å². The number of hydrogen-bond donors (Lipinski definition) is 1. The fraction of sp³-hybridized carbons (Fsp3) is 0.517. The van der Waals surface area contributed by atoms with Crippen LogP contribution in [-0.4, -0.2) is 32.9 Å². The van der Waals surface area contributed by atoms with Crippen molar-refractivity contribution in [1.82, 2.24) is 4.90 Å². The van der Waals surface area contributed by atoms with Gasteiger partial charge in [-0.3, -0.25) is 9.69 Å². The number of aryl methyl sites for hydroxylation is 1. The zero-order valence-corrected chi connectivity index (χ0v) is 22.0. The van der Waals surface area contributed by atoms with Crippen LogP contribution in [0.2, 0.25) is 0 Å². The first kappa shape index (κ1) is 24.4. The van der Waals surface area contributed by atoms with Crippen molar-refractivity contribution in [3.63, 3.8) is 0 Å². The van der Waals surface area contributed by atoms with Crippen LogP contribution in [0.15, 0.2) is 39.7 Å². The third kappa shape index (κ3) is 4.59. The highest BCUT2D eigenvalue weighted by molar-refractivity contribution is 8.26. The number of thiocarbonyl (C=S) groups is 1. The van der Waals surface area contributed by atoms with Crippen molar-refractivity contribution in [2.75, 3.05) is 6.61 Å². The van der Waals surface area contributed by atoms with Crippen LogP contribution in [0.25, 0.3) is 17.4 Å². The highest BCUT2D eigenvalue weighted by atomic mass is 32.2. The molecule has 4 saturated carbocycles. The van der Waals surface area contributed by atoms with E-state index in [4.69, 9.17) is 21.7 Å². The van der Waals surface area contributed by atoms with Crippen LogP contribution in [0, 0.1) is 29.5 Å². The Kier molecular flexibility index (Phi) is 6.82. The second-order valence-corrected chi connectivity index (χ2v) is 12.7. The summed E-state index contributed by atoms with van der Waals surface area (Å²) in [5, 5.41) is 9.13. The first-order valence-electron chi connectivity index (χ1n) is 13.3. The van der Waals surface area contributed by atoms with Crippen LogP contribution >= 0.6 is 24.0 Å². The highest BCUT2D eigenvalue weighted by Crippen LogP contribution is 2.56. The summed E-state index contributed by atoms with van der Waals surface area (Å²) in [5.74, 6) is 3.92. The standard InChI is InChI=1S/C29H32FNO3S2/c30-23-7-5-19(6-8-23)24-15-20(4-2-1-3-9-32)25(34-24)16-26-28(33)31(29(35)36-26)27-21-11-17-10-18(13-21)14-22(27)12-17/h5-8,15-18,21-22,27,32H,1-4,9-14H2/b26-16-. The third-order valence-corrected chi connectivity index (χ3v) is 9.97. The number of nitrogens with zero attached hydrogens (tertiary/aromatic N) is 1. The molecule has 2 aromatic rings. The number of aliphatic hydroxyl groups is 1. The molecule has 0 radical (unpaired) electrons. The summed E-state index contributed by atoms with van der Waals surface area (Å²) in [6.45, 7) is 0.187. The number of aliphatic hydroxyl groups excluding tert-OH is 1.